The Hall–Kier alpha value is -2.89. The van der Waals surface area contributed by atoms with Crippen molar-refractivity contribution < 1.29 is 9.53 Å². The third kappa shape index (κ3) is 3.26. The number of hydrogen-bond acceptors (Lipinski definition) is 4. The van der Waals surface area contributed by atoms with Gasteiger partial charge in [0.05, 0.1) is 19.2 Å². The largest absolute Gasteiger partial charge is 0.465 e. The predicted octanol–water partition coefficient (Wildman–Crippen LogP) is 4.28. The van der Waals surface area contributed by atoms with Gasteiger partial charge in [0.25, 0.3) is 0 Å². The number of aryl methyl sites for hydroxylation is 1. The fourth-order valence-corrected chi connectivity index (χ4v) is 4.25. The Labute approximate surface area is 172 Å². The quantitative estimate of drug-likeness (QED) is 0.620. The Kier molecular flexibility index (Phi) is 5.39. The highest BCUT2D eigenvalue weighted by Crippen LogP contribution is 2.40. The highest BCUT2D eigenvalue weighted by atomic mass is 16.5. The van der Waals surface area contributed by atoms with Crippen LogP contribution in [-0.4, -0.2) is 32.4 Å². The first-order valence-electron chi connectivity index (χ1n) is 9.79. The molecule has 2 aromatic heterocycles. The van der Waals surface area contributed by atoms with Crippen molar-refractivity contribution >= 4 is 5.97 Å². The van der Waals surface area contributed by atoms with Gasteiger partial charge >= 0.3 is 5.97 Å². The number of rotatable bonds is 4. The summed E-state index contributed by atoms with van der Waals surface area (Å²) in [6, 6.07) is 0. The van der Waals surface area contributed by atoms with Gasteiger partial charge in [-0.15, -0.1) is 0 Å². The number of benzene rings is 1. The summed E-state index contributed by atoms with van der Waals surface area (Å²) in [5.74, 6) is 0.393. The molecule has 0 radical (unpaired) electrons. The number of ether oxygens (including phenoxy) is 1. The van der Waals surface area contributed by atoms with Gasteiger partial charge in [-0.05, 0) is 81.8 Å². The van der Waals surface area contributed by atoms with Gasteiger partial charge in [0, 0.05) is 24.0 Å². The Balaban J connectivity index is 2.35. The molecule has 0 saturated heterocycles. The van der Waals surface area contributed by atoms with Crippen LogP contribution in [0.25, 0.3) is 11.1 Å². The molecule has 0 fully saturated rings. The SMILES string of the molecule is COC(=O)c1c(-c2c(C)c(C)c(C)c(C)c2C)c(C)n(Cc2ncn(C)n2)c1C. The molecule has 1 aromatic carbocycles. The van der Waals surface area contributed by atoms with Gasteiger partial charge in [0.2, 0.25) is 0 Å². The molecule has 0 aliphatic heterocycles. The van der Waals surface area contributed by atoms with Crippen molar-refractivity contribution in [1.82, 2.24) is 19.3 Å². The molecule has 3 rings (SSSR count). The highest BCUT2D eigenvalue weighted by molar-refractivity contribution is 6.01. The lowest BCUT2D eigenvalue weighted by Crippen LogP contribution is -2.08. The highest BCUT2D eigenvalue weighted by Gasteiger charge is 2.28. The first-order chi connectivity index (χ1) is 13.6. The summed E-state index contributed by atoms with van der Waals surface area (Å²) in [6.45, 7) is 15.3. The number of methoxy groups -OCH3 is 1. The van der Waals surface area contributed by atoms with Crippen molar-refractivity contribution in [2.75, 3.05) is 7.11 Å². The molecule has 6 nitrogen and oxygen atoms in total. The normalized spacial score (nSPS) is 11.2. The molecule has 0 amide bonds. The van der Waals surface area contributed by atoms with Crippen LogP contribution >= 0.6 is 0 Å². The van der Waals surface area contributed by atoms with E-state index < -0.39 is 0 Å². The van der Waals surface area contributed by atoms with Crippen molar-refractivity contribution in [3.8, 4) is 11.1 Å². The number of esters is 1. The van der Waals surface area contributed by atoms with Crippen LogP contribution in [0.4, 0.5) is 0 Å². The molecular formula is C23H30N4O2. The van der Waals surface area contributed by atoms with Gasteiger partial charge in [0.1, 0.15) is 6.33 Å². The summed E-state index contributed by atoms with van der Waals surface area (Å²) >= 11 is 0. The average molecular weight is 395 g/mol. The Morgan fingerprint density at radius 3 is 1.93 bits per heavy atom. The lowest BCUT2D eigenvalue weighted by atomic mass is 9.85. The number of carbonyl (C=O) groups excluding carboxylic acids is 1. The average Bonchev–Trinajstić information content (AvgIpc) is 3.21. The van der Waals surface area contributed by atoms with Gasteiger partial charge in [0.15, 0.2) is 5.82 Å². The molecule has 0 spiro atoms. The van der Waals surface area contributed by atoms with Gasteiger partial charge in [-0.1, -0.05) is 0 Å². The number of nitrogens with zero attached hydrogens (tertiary/aromatic N) is 4. The minimum atomic E-state index is -0.317. The fourth-order valence-electron chi connectivity index (χ4n) is 4.25. The molecule has 0 atom stereocenters. The second-order valence-electron chi connectivity index (χ2n) is 7.83. The van der Waals surface area contributed by atoms with Crippen LogP contribution in [0, 0.1) is 48.5 Å². The van der Waals surface area contributed by atoms with E-state index in [0.717, 1.165) is 22.5 Å². The number of aromatic nitrogens is 4. The summed E-state index contributed by atoms with van der Waals surface area (Å²) in [6.07, 6.45) is 1.69. The molecule has 0 N–H and O–H groups in total. The first kappa shape index (κ1) is 20.8. The van der Waals surface area contributed by atoms with E-state index in [1.54, 1.807) is 11.0 Å². The smallest absolute Gasteiger partial charge is 0.340 e. The Morgan fingerprint density at radius 1 is 0.897 bits per heavy atom. The van der Waals surface area contributed by atoms with E-state index >= 15 is 0 Å². The zero-order valence-corrected chi connectivity index (χ0v) is 18.9. The van der Waals surface area contributed by atoms with Crippen LogP contribution in [0.5, 0.6) is 0 Å². The second-order valence-corrected chi connectivity index (χ2v) is 7.83. The topological polar surface area (TPSA) is 61.9 Å². The van der Waals surface area contributed by atoms with Crippen molar-refractivity contribution in [2.24, 2.45) is 7.05 Å². The minimum absolute atomic E-state index is 0.317. The lowest BCUT2D eigenvalue weighted by Gasteiger charge is -2.20. The summed E-state index contributed by atoms with van der Waals surface area (Å²) in [5.41, 5.74) is 10.8. The van der Waals surface area contributed by atoms with Crippen molar-refractivity contribution in [1.29, 1.82) is 0 Å². The predicted molar refractivity (Wildman–Crippen MR) is 114 cm³/mol. The molecule has 29 heavy (non-hydrogen) atoms. The van der Waals surface area contributed by atoms with E-state index in [2.05, 4.69) is 56.2 Å². The maximum absolute atomic E-state index is 12.8. The monoisotopic (exact) mass is 394 g/mol. The van der Waals surface area contributed by atoms with E-state index in [1.807, 2.05) is 14.0 Å². The molecule has 6 heteroatoms. The van der Waals surface area contributed by atoms with Gasteiger partial charge in [-0.2, -0.15) is 5.10 Å². The second kappa shape index (κ2) is 7.50. The molecule has 0 unspecified atom stereocenters. The van der Waals surface area contributed by atoms with E-state index in [-0.39, 0.29) is 5.97 Å². The fraction of sp³-hybridized carbons (Fsp3) is 0.435. The van der Waals surface area contributed by atoms with Crippen LogP contribution in [0.15, 0.2) is 6.33 Å². The zero-order valence-electron chi connectivity index (χ0n) is 18.9. The standard InChI is InChI=1S/C23H30N4O2/c1-12-13(2)15(4)20(16(5)14(12)3)21-17(6)27(10-19-24-11-26(8)25-19)18(7)22(21)23(28)29-9/h11H,10H2,1-9H3. The third-order valence-electron chi connectivity index (χ3n) is 6.37. The Morgan fingerprint density at radius 2 is 1.45 bits per heavy atom. The van der Waals surface area contributed by atoms with Gasteiger partial charge in [-0.25, -0.2) is 9.78 Å². The Bertz CT molecular complexity index is 1090. The molecule has 154 valence electrons. The van der Waals surface area contributed by atoms with E-state index in [1.165, 1.54) is 34.9 Å². The summed E-state index contributed by atoms with van der Waals surface area (Å²) in [4.78, 5) is 17.2. The van der Waals surface area contributed by atoms with Crippen LogP contribution in [0.1, 0.15) is 55.4 Å². The molecule has 0 bridgehead atoms. The minimum Gasteiger partial charge on any atom is -0.465 e. The van der Waals surface area contributed by atoms with Crippen LogP contribution in [0.2, 0.25) is 0 Å². The lowest BCUT2D eigenvalue weighted by molar-refractivity contribution is 0.0600. The summed E-state index contributed by atoms with van der Waals surface area (Å²) in [7, 11) is 3.28. The molecule has 3 aromatic rings. The summed E-state index contributed by atoms with van der Waals surface area (Å²) < 4.78 is 8.98. The van der Waals surface area contributed by atoms with Crippen molar-refractivity contribution in [2.45, 2.75) is 55.0 Å². The molecule has 2 heterocycles. The zero-order chi connectivity index (χ0) is 21.6. The van der Waals surface area contributed by atoms with Crippen molar-refractivity contribution in [3.05, 3.63) is 56.9 Å². The summed E-state index contributed by atoms with van der Waals surface area (Å²) in [5, 5.41) is 4.41. The maximum Gasteiger partial charge on any atom is 0.340 e. The van der Waals surface area contributed by atoms with Gasteiger partial charge in [-0.3, -0.25) is 4.68 Å². The third-order valence-corrected chi connectivity index (χ3v) is 6.37. The van der Waals surface area contributed by atoms with E-state index in [4.69, 9.17) is 4.74 Å². The molecule has 0 aliphatic carbocycles. The van der Waals surface area contributed by atoms with Crippen LogP contribution in [-0.2, 0) is 18.3 Å². The molecule has 0 saturated carbocycles. The molecular weight excluding hydrogens is 364 g/mol. The maximum atomic E-state index is 12.8. The van der Waals surface area contributed by atoms with Crippen molar-refractivity contribution in [3.63, 3.8) is 0 Å². The van der Waals surface area contributed by atoms with Gasteiger partial charge < -0.3 is 9.30 Å². The van der Waals surface area contributed by atoms with Crippen LogP contribution in [0.3, 0.4) is 0 Å². The van der Waals surface area contributed by atoms with Crippen LogP contribution < -0.4 is 0 Å². The van der Waals surface area contributed by atoms with E-state index in [0.29, 0.717) is 17.9 Å². The number of carbonyl (C=O) groups is 1. The number of hydrogen-bond donors (Lipinski definition) is 0. The van der Waals surface area contributed by atoms with E-state index in [9.17, 15) is 4.79 Å². The molecule has 0 aliphatic rings. The first-order valence-corrected chi connectivity index (χ1v) is 9.79.